The Morgan fingerprint density at radius 3 is 1.51 bits per heavy atom. The zero-order valence-electron chi connectivity index (χ0n) is 38.7. The number of hydrogen-bond acceptors (Lipinski definition) is 2. The third-order valence-electron chi connectivity index (χ3n) is 13.6. The molecule has 1 aliphatic heterocycles. The molecular formula is C67H52N2. The molecule has 0 aliphatic carbocycles. The van der Waals surface area contributed by atoms with Crippen molar-refractivity contribution in [3.05, 3.63) is 296 Å². The molecule has 0 fully saturated rings. The third kappa shape index (κ3) is 8.39. The molecule has 0 spiro atoms. The molecule has 1 unspecified atom stereocenters. The summed E-state index contributed by atoms with van der Waals surface area (Å²) in [7, 11) is 0. The molecule has 10 aromatic rings. The first-order chi connectivity index (χ1) is 34.2. The molecule has 2 nitrogen and oxygen atoms in total. The van der Waals surface area contributed by atoms with E-state index in [1.165, 1.54) is 66.8 Å². The molecule has 1 aliphatic rings. The summed E-state index contributed by atoms with van der Waals surface area (Å²) in [6, 6.07) is 92.8. The van der Waals surface area contributed by atoms with Crippen LogP contribution >= 0.6 is 0 Å². The summed E-state index contributed by atoms with van der Waals surface area (Å²) < 4.78 is 0. The van der Waals surface area contributed by atoms with E-state index in [1.54, 1.807) is 0 Å². The van der Waals surface area contributed by atoms with Gasteiger partial charge in [-0.25, -0.2) is 0 Å². The molecule has 330 valence electrons. The van der Waals surface area contributed by atoms with Gasteiger partial charge in [-0.05, 0) is 140 Å². The van der Waals surface area contributed by atoms with Crippen molar-refractivity contribution in [3.8, 4) is 55.6 Å². The van der Waals surface area contributed by atoms with Crippen molar-refractivity contribution in [3.63, 3.8) is 0 Å². The first-order valence-electron chi connectivity index (χ1n) is 23.9. The second kappa shape index (κ2) is 19.2. The van der Waals surface area contributed by atoms with Crippen LogP contribution < -0.4 is 10.2 Å². The molecule has 11 rings (SSSR count). The molecule has 1 heterocycles. The highest BCUT2D eigenvalue weighted by atomic mass is 15.2. The van der Waals surface area contributed by atoms with Crippen LogP contribution in [0.1, 0.15) is 30.0 Å². The summed E-state index contributed by atoms with van der Waals surface area (Å²) in [6.45, 7) is 2.08. The molecular weight excluding hydrogens is 833 g/mol. The van der Waals surface area contributed by atoms with Crippen molar-refractivity contribution in [1.82, 2.24) is 0 Å². The molecule has 0 saturated heterocycles. The van der Waals surface area contributed by atoms with E-state index in [1.807, 2.05) is 0 Å². The molecule has 0 saturated carbocycles. The summed E-state index contributed by atoms with van der Waals surface area (Å²) in [4.78, 5) is 2.48. The summed E-state index contributed by atoms with van der Waals surface area (Å²) >= 11 is 0. The first kappa shape index (κ1) is 42.9. The van der Waals surface area contributed by atoms with Gasteiger partial charge in [-0.1, -0.05) is 224 Å². The van der Waals surface area contributed by atoms with E-state index in [2.05, 4.69) is 296 Å². The number of hydrogen-bond donors (Lipinski definition) is 1. The lowest BCUT2D eigenvalue weighted by molar-refractivity contribution is 0.621. The Labute approximate surface area is 406 Å². The molecule has 69 heavy (non-hydrogen) atoms. The summed E-state index contributed by atoms with van der Waals surface area (Å²) in [5.74, 6) is 0. The largest absolute Gasteiger partial charge is 0.355 e. The van der Waals surface area contributed by atoms with E-state index in [9.17, 15) is 0 Å². The quantitative estimate of drug-likeness (QED) is 0.123. The molecule has 1 N–H and O–H groups in total. The highest BCUT2D eigenvalue weighted by Crippen LogP contribution is 2.59. The molecule has 0 aromatic heterocycles. The Bertz CT molecular complexity index is 3400. The fourth-order valence-corrected chi connectivity index (χ4v) is 10.3. The number of nitrogens with zero attached hydrogens (tertiary/aromatic N) is 1. The summed E-state index contributed by atoms with van der Waals surface area (Å²) in [5.41, 5.74) is 20.4. The average Bonchev–Trinajstić information content (AvgIpc) is 3.43. The van der Waals surface area contributed by atoms with E-state index in [4.69, 9.17) is 0 Å². The monoisotopic (exact) mass is 884 g/mol. The number of nitrogens with one attached hydrogen (secondary N) is 1. The zero-order valence-corrected chi connectivity index (χ0v) is 38.7. The average molecular weight is 885 g/mol. The summed E-state index contributed by atoms with van der Waals surface area (Å²) in [6.07, 6.45) is 9.52. The van der Waals surface area contributed by atoms with Crippen molar-refractivity contribution in [2.75, 3.05) is 10.2 Å². The number of para-hydroxylation sites is 2. The van der Waals surface area contributed by atoms with Gasteiger partial charge in [0.1, 0.15) is 0 Å². The zero-order chi connectivity index (χ0) is 46.4. The Morgan fingerprint density at radius 1 is 0.377 bits per heavy atom. The lowest BCUT2D eigenvalue weighted by atomic mass is 9.63. The van der Waals surface area contributed by atoms with Gasteiger partial charge in [-0.2, -0.15) is 0 Å². The lowest BCUT2D eigenvalue weighted by Crippen LogP contribution is -2.37. The van der Waals surface area contributed by atoms with Crippen molar-refractivity contribution in [1.29, 1.82) is 0 Å². The van der Waals surface area contributed by atoms with Gasteiger partial charge in [-0.15, -0.1) is 0 Å². The third-order valence-corrected chi connectivity index (χ3v) is 13.6. The van der Waals surface area contributed by atoms with Crippen LogP contribution in [-0.4, -0.2) is 0 Å². The van der Waals surface area contributed by atoms with E-state index >= 15 is 0 Å². The van der Waals surface area contributed by atoms with E-state index in [-0.39, 0.29) is 0 Å². The Balaban J connectivity index is 1.16. The first-order valence-corrected chi connectivity index (χ1v) is 23.9. The maximum Gasteiger partial charge on any atom is 0.0547 e. The lowest BCUT2D eigenvalue weighted by Gasteiger charge is -2.46. The fraction of sp³-hybridized carbons (Fsp3) is 0.0448. The van der Waals surface area contributed by atoms with Gasteiger partial charge in [0, 0.05) is 17.1 Å². The van der Waals surface area contributed by atoms with Crippen LogP contribution in [0.4, 0.5) is 28.4 Å². The molecule has 1 atom stereocenters. The van der Waals surface area contributed by atoms with Crippen molar-refractivity contribution in [2.45, 2.75) is 18.8 Å². The minimum Gasteiger partial charge on any atom is -0.355 e. The number of benzene rings is 10. The number of allylic oxidation sites excluding steroid dienone is 4. The molecule has 0 bridgehead atoms. The van der Waals surface area contributed by atoms with Crippen LogP contribution in [0.2, 0.25) is 0 Å². The molecule has 2 heteroatoms. The fourth-order valence-electron chi connectivity index (χ4n) is 10.3. The van der Waals surface area contributed by atoms with Crippen LogP contribution in [0, 0.1) is 0 Å². The second-order valence-electron chi connectivity index (χ2n) is 17.7. The van der Waals surface area contributed by atoms with Crippen LogP contribution in [0.15, 0.2) is 279 Å². The highest BCUT2D eigenvalue weighted by molar-refractivity contribution is 5.93. The van der Waals surface area contributed by atoms with Crippen LogP contribution in [0.3, 0.4) is 0 Å². The van der Waals surface area contributed by atoms with Crippen molar-refractivity contribution >= 4 is 28.4 Å². The predicted molar refractivity (Wildman–Crippen MR) is 293 cm³/mol. The van der Waals surface area contributed by atoms with Crippen LogP contribution in [-0.2, 0) is 5.41 Å². The Hall–Kier alpha value is -8.72. The standard InChI is InChI=1S/C67H52N2/c1-2-3-4-21-46-67(61-30-17-19-32-64(61)68-57-40-34-52(35-41-57)49-22-9-5-10-23-49)62-31-18-20-33-65(62)69(58-42-36-53(37-43-58)50-24-11-6-12-25-50)66-45-39-56(48-63(66)67)60-47-55(51-26-13-7-14-27-51)38-44-59(60)54-28-15-8-16-29-54/h2-45,47-48,68H,46H2,1H3/b3-2-,21-4-. The van der Waals surface area contributed by atoms with Gasteiger partial charge in [0.15, 0.2) is 0 Å². The number of fused-ring (bicyclic) bond motifs is 2. The SMILES string of the molecule is C/C=C\C=C/CC1(c2ccccc2Nc2ccc(-c3ccccc3)cc2)c2ccccc2N(c2ccc(-c3ccccc3)cc2)c2ccc(-c3cc(-c4ccccc4)ccc3-c3ccccc3)cc21. The Kier molecular flexibility index (Phi) is 12.0. The second-order valence-corrected chi connectivity index (χ2v) is 17.7. The van der Waals surface area contributed by atoms with E-state index in [0.29, 0.717) is 6.42 Å². The van der Waals surface area contributed by atoms with E-state index in [0.717, 1.165) is 34.0 Å². The maximum atomic E-state index is 3.95. The minimum atomic E-state index is -0.641. The predicted octanol–water partition coefficient (Wildman–Crippen LogP) is 18.4. The maximum absolute atomic E-state index is 3.95. The normalized spacial score (nSPS) is 14.1. The molecule has 0 radical (unpaired) electrons. The van der Waals surface area contributed by atoms with Crippen LogP contribution in [0.25, 0.3) is 55.6 Å². The van der Waals surface area contributed by atoms with Gasteiger partial charge in [0.2, 0.25) is 0 Å². The smallest absolute Gasteiger partial charge is 0.0547 e. The van der Waals surface area contributed by atoms with Crippen LogP contribution in [0.5, 0.6) is 0 Å². The Morgan fingerprint density at radius 2 is 0.870 bits per heavy atom. The van der Waals surface area contributed by atoms with Gasteiger partial charge in [0.25, 0.3) is 0 Å². The topological polar surface area (TPSA) is 15.3 Å². The minimum absolute atomic E-state index is 0.641. The highest BCUT2D eigenvalue weighted by Gasteiger charge is 2.46. The van der Waals surface area contributed by atoms with E-state index < -0.39 is 5.41 Å². The van der Waals surface area contributed by atoms with Gasteiger partial charge >= 0.3 is 0 Å². The number of anilines is 5. The summed E-state index contributed by atoms with van der Waals surface area (Å²) in [5, 5.41) is 3.95. The molecule has 10 aromatic carbocycles. The number of rotatable bonds is 12. The van der Waals surface area contributed by atoms with Crippen molar-refractivity contribution in [2.24, 2.45) is 0 Å². The van der Waals surface area contributed by atoms with Gasteiger partial charge in [0.05, 0.1) is 16.8 Å². The van der Waals surface area contributed by atoms with Gasteiger partial charge in [-0.3, -0.25) is 0 Å². The van der Waals surface area contributed by atoms with Gasteiger partial charge < -0.3 is 10.2 Å². The van der Waals surface area contributed by atoms with Crippen molar-refractivity contribution < 1.29 is 0 Å². The molecule has 0 amide bonds.